The predicted octanol–water partition coefficient (Wildman–Crippen LogP) is 4.61. The van der Waals surface area contributed by atoms with Crippen LogP contribution in [-0.4, -0.2) is 24.9 Å². The minimum Gasteiger partial charge on any atom is -0.338 e. The SMILES string of the molecule is CCCNC(=O)NCCc1cc(C(=O)c2ccccc2)cc2ccc(S)cc12. The summed E-state index contributed by atoms with van der Waals surface area (Å²) in [5.74, 6) is -0.00709. The Labute approximate surface area is 170 Å². The van der Waals surface area contributed by atoms with Crippen LogP contribution in [0, 0.1) is 0 Å². The lowest BCUT2D eigenvalue weighted by Crippen LogP contribution is -2.36. The molecule has 0 spiro atoms. The number of carbonyl (C=O) groups excluding carboxylic acids is 2. The summed E-state index contributed by atoms with van der Waals surface area (Å²) in [6, 6.07) is 18.8. The van der Waals surface area contributed by atoms with Crippen molar-refractivity contribution in [1.82, 2.24) is 10.6 Å². The number of fused-ring (bicyclic) bond motifs is 1. The number of rotatable bonds is 7. The van der Waals surface area contributed by atoms with E-state index in [0.29, 0.717) is 30.6 Å². The Bertz CT molecular complexity index is 987. The molecule has 0 aliphatic rings. The second-order valence-corrected chi connectivity index (χ2v) is 7.19. The van der Waals surface area contributed by atoms with Crippen LogP contribution in [-0.2, 0) is 6.42 Å². The maximum absolute atomic E-state index is 12.9. The third-order valence-electron chi connectivity index (χ3n) is 4.54. The lowest BCUT2D eigenvalue weighted by Gasteiger charge is -2.12. The van der Waals surface area contributed by atoms with Crippen LogP contribution in [0.2, 0.25) is 0 Å². The topological polar surface area (TPSA) is 58.2 Å². The van der Waals surface area contributed by atoms with Gasteiger partial charge in [-0.3, -0.25) is 4.79 Å². The first kappa shape index (κ1) is 20.0. The fourth-order valence-corrected chi connectivity index (χ4v) is 3.33. The van der Waals surface area contributed by atoms with Crippen molar-refractivity contribution in [3.63, 3.8) is 0 Å². The monoisotopic (exact) mass is 392 g/mol. The zero-order valence-corrected chi connectivity index (χ0v) is 16.8. The Morgan fingerprint density at radius 1 is 0.893 bits per heavy atom. The third-order valence-corrected chi connectivity index (χ3v) is 4.82. The molecule has 0 aliphatic carbocycles. The average molecular weight is 393 g/mol. The van der Waals surface area contributed by atoms with Gasteiger partial charge in [0.2, 0.25) is 0 Å². The van der Waals surface area contributed by atoms with E-state index < -0.39 is 0 Å². The summed E-state index contributed by atoms with van der Waals surface area (Å²) in [6.07, 6.45) is 1.52. The van der Waals surface area contributed by atoms with Crippen molar-refractivity contribution in [2.24, 2.45) is 0 Å². The molecule has 0 saturated carbocycles. The molecule has 144 valence electrons. The van der Waals surface area contributed by atoms with E-state index >= 15 is 0 Å². The van der Waals surface area contributed by atoms with Crippen molar-refractivity contribution in [3.8, 4) is 0 Å². The third kappa shape index (κ3) is 4.93. The van der Waals surface area contributed by atoms with E-state index in [0.717, 1.165) is 27.7 Å². The summed E-state index contributed by atoms with van der Waals surface area (Å²) in [5, 5.41) is 7.71. The first-order valence-corrected chi connectivity index (χ1v) is 9.90. The molecular formula is C23H24N2O2S. The molecule has 0 fully saturated rings. The van der Waals surface area contributed by atoms with Crippen LogP contribution in [0.15, 0.2) is 65.6 Å². The van der Waals surface area contributed by atoms with Crippen molar-refractivity contribution in [3.05, 3.63) is 77.4 Å². The number of thiol groups is 1. The molecular weight excluding hydrogens is 368 g/mol. The standard InChI is InChI=1S/C23H24N2O2S/c1-2-11-24-23(27)25-12-10-18-14-19(22(26)16-6-4-3-5-7-16)13-17-8-9-20(28)15-21(17)18/h3-9,13-15,28H,2,10-12H2,1H3,(H2,24,25,27). The Kier molecular flexibility index (Phi) is 6.71. The molecule has 0 unspecified atom stereocenters. The van der Waals surface area contributed by atoms with Crippen molar-refractivity contribution in [1.29, 1.82) is 0 Å². The zero-order valence-electron chi connectivity index (χ0n) is 15.9. The molecule has 3 aromatic carbocycles. The molecule has 0 aromatic heterocycles. The number of amides is 2. The normalized spacial score (nSPS) is 10.6. The van der Waals surface area contributed by atoms with Crippen molar-refractivity contribution in [2.45, 2.75) is 24.7 Å². The molecule has 0 saturated heterocycles. The van der Waals surface area contributed by atoms with E-state index in [4.69, 9.17) is 0 Å². The minimum atomic E-state index is -0.169. The van der Waals surface area contributed by atoms with Gasteiger partial charge in [0.05, 0.1) is 0 Å². The smallest absolute Gasteiger partial charge is 0.314 e. The first-order chi connectivity index (χ1) is 13.6. The van der Waals surface area contributed by atoms with E-state index in [1.807, 2.05) is 67.6 Å². The Morgan fingerprint density at radius 3 is 2.39 bits per heavy atom. The van der Waals surface area contributed by atoms with Crippen molar-refractivity contribution >= 4 is 35.2 Å². The van der Waals surface area contributed by atoms with Gasteiger partial charge in [-0.2, -0.15) is 0 Å². The summed E-state index contributed by atoms with van der Waals surface area (Å²) in [7, 11) is 0. The number of hydrogen-bond donors (Lipinski definition) is 3. The highest BCUT2D eigenvalue weighted by molar-refractivity contribution is 7.80. The number of benzene rings is 3. The van der Waals surface area contributed by atoms with Gasteiger partial charge in [-0.15, -0.1) is 12.6 Å². The van der Waals surface area contributed by atoms with E-state index in [9.17, 15) is 9.59 Å². The number of carbonyl (C=O) groups is 2. The molecule has 28 heavy (non-hydrogen) atoms. The number of nitrogens with one attached hydrogen (secondary N) is 2. The summed E-state index contributed by atoms with van der Waals surface area (Å²) in [6.45, 7) is 3.15. The second kappa shape index (κ2) is 9.42. The molecule has 2 amide bonds. The van der Waals surface area contributed by atoms with Gasteiger partial charge in [0, 0.05) is 29.1 Å². The highest BCUT2D eigenvalue weighted by Crippen LogP contribution is 2.26. The molecule has 3 aromatic rings. The molecule has 0 radical (unpaired) electrons. The summed E-state index contributed by atoms with van der Waals surface area (Å²) >= 11 is 4.45. The van der Waals surface area contributed by atoms with E-state index in [1.54, 1.807) is 0 Å². The van der Waals surface area contributed by atoms with Crippen molar-refractivity contribution < 1.29 is 9.59 Å². The molecule has 4 nitrogen and oxygen atoms in total. The van der Waals surface area contributed by atoms with Gasteiger partial charge in [0.1, 0.15) is 0 Å². The van der Waals surface area contributed by atoms with Crippen LogP contribution >= 0.6 is 12.6 Å². The van der Waals surface area contributed by atoms with E-state index in [-0.39, 0.29) is 11.8 Å². The molecule has 3 rings (SSSR count). The highest BCUT2D eigenvalue weighted by atomic mass is 32.1. The van der Waals surface area contributed by atoms with Crippen LogP contribution < -0.4 is 10.6 Å². The van der Waals surface area contributed by atoms with Gasteiger partial charge in [-0.1, -0.05) is 43.3 Å². The number of urea groups is 1. The van der Waals surface area contributed by atoms with E-state index in [2.05, 4.69) is 23.3 Å². The van der Waals surface area contributed by atoms with Gasteiger partial charge in [0.25, 0.3) is 0 Å². The maximum Gasteiger partial charge on any atom is 0.314 e. The van der Waals surface area contributed by atoms with E-state index in [1.165, 1.54) is 0 Å². The first-order valence-electron chi connectivity index (χ1n) is 9.45. The van der Waals surface area contributed by atoms with Crippen LogP contribution in [0.4, 0.5) is 4.79 Å². The van der Waals surface area contributed by atoms with Gasteiger partial charge in [0.15, 0.2) is 5.78 Å². The minimum absolute atomic E-state index is 0.00709. The molecule has 5 heteroatoms. The summed E-state index contributed by atoms with van der Waals surface area (Å²) in [5.41, 5.74) is 2.33. The average Bonchev–Trinajstić information content (AvgIpc) is 2.72. The molecule has 0 bridgehead atoms. The van der Waals surface area contributed by atoms with Crippen LogP contribution in [0.3, 0.4) is 0 Å². The molecule has 2 N–H and O–H groups in total. The quantitative estimate of drug-likeness (QED) is 0.406. The number of ketones is 1. The van der Waals surface area contributed by atoms with Crippen molar-refractivity contribution in [2.75, 3.05) is 13.1 Å². The van der Waals surface area contributed by atoms with Crippen LogP contribution in [0.1, 0.15) is 34.8 Å². The van der Waals surface area contributed by atoms with Gasteiger partial charge < -0.3 is 10.6 Å². The fraction of sp³-hybridized carbons (Fsp3) is 0.217. The fourth-order valence-electron chi connectivity index (χ4n) is 3.13. The Morgan fingerprint density at radius 2 is 1.64 bits per heavy atom. The van der Waals surface area contributed by atoms with Crippen LogP contribution in [0.5, 0.6) is 0 Å². The van der Waals surface area contributed by atoms with Gasteiger partial charge >= 0.3 is 6.03 Å². The Balaban J connectivity index is 1.87. The summed E-state index contributed by atoms with van der Waals surface area (Å²) < 4.78 is 0. The molecule has 0 aliphatic heterocycles. The van der Waals surface area contributed by atoms with Gasteiger partial charge in [-0.25, -0.2) is 4.79 Å². The summed E-state index contributed by atoms with van der Waals surface area (Å²) in [4.78, 5) is 25.6. The zero-order chi connectivity index (χ0) is 19.9. The lowest BCUT2D eigenvalue weighted by molar-refractivity contribution is 0.103. The van der Waals surface area contributed by atoms with Gasteiger partial charge in [-0.05, 0) is 53.4 Å². The molecule has 0 heterocycles. The molecule has 0 atom stereocenters. The lowest BCUT2D eigenvalue weighted by atomic mass is 9.95. The largest absolute Gasteiger partial charge is 0.338 e. The highest BCUT2D eigenvalue weighted by Gasteiger charge is 2.13. The second-order valence-electron chi connectivity index (χ2n) is 6.67. The Hall–Kier alpha value is -2.79. The predicted molar refractivity (Wildman–Crippen MR) is 116 cm³/mol. The maximum atomic E-state index is 12.9. The number of hydrogen-bond acceptors (Lipinski definition) is 3. The van der Waals surface area contributed by atoms with Crippen LogP contribution in [0.25, 0.3) is 10.8 Å².